The van der Waals surface area contributed by atoms with Gasteiger partial charge >= 0.3 is 0 Å². The molecule has 0 spiro atoms. The van der Waals surface area contributed by atoms with Gasteiger partial charge in [0.2, 0.25) is 0 Å². The second kappa shape index (κ2) is 14.9. The van der Waals surface area contributed by atoms with Crippen LogP contribution in [-0.4, -0.2) is 66.1 Å². The number of rotatable bonds is 9. The highest BCUT2D eigenvalue weighted by Crippen LogP contribution is 2.27. The summed E-state index contributed by atoms with van der Waals surface area (Å²) in [6.45, 7) is 14.5. The number of benzene rings is 2. The minimum atomic E-state index is -0.712. The first kappa shape index (κ1) is 32.5. The highest BCUT2D eigenvalue weighted by atomic mass is 32.1. The number of carbonyl (C=O) groups is 2. The summed E-state index contributed by atoms with van der Waals surface area (Å²) in [7, 11) is 0. The summed E-state index contributed by atoms with van der Waals surface area (Å²) in [6.07, 6.45) is 1.68. The number of carbonyl (C=O) groups excluding carboxylic acids is 2. The number of aryl methyl sites for hydroxylation is 1. The Morgan fingerprint density at radius 2 is 1.84 bits per heavy atom. The molecule has 0 saturated carbocycles. The molecule has 5 rings (SSSR count). The summed E-state index contributed by atoms with van der Waals surface area (Å²) in [5.41, 5.74) is 3.13. The van der Waals surface area contributed by atoms with Crippen molar-refractivity contribution in [3.63, 3.8) is 0 Å². The van der Waals surface area contributed by atoms with Crippen LogP contribution in [0.15, 0.2) is 54.7 Å². The lowest BCUT2D eigenvalue weighted by Crippen LogP contribution is -2.39. The Morgan fingerprint density at radius 3 is 2.59 bits per heavy atom. The van der Waals surface area contributed by atoms with Crippen molar-refractivity contribution in [2.75, 3.05) is 55.3 Å². The van der Waals surface area contributed by atoms with E-state index < -0.39 is 5.41 Å². The molecule has 2 aromatic heterocycles. The number of morpholine rings is 1. The summed E-state index contributed by atoms with van der Waals surface area (Å²) < 4.78 is 5.39. The molecular weight excluding hydrogens is 574 g/mol. The van der Waals surface area contributed by atoms with Crippen LogP contribution in [0.4, 0.5) is 17.2 Å². The topological polar surface area (TPSA) is 132 Å². The van der Waals surface area contributed by atoms with E-state index >= 15 is 0 Å². The second-order valence-corrected chi connectivity index (χ2v) is 11.7. The molecule has 0 aliphatic carbocycles. The van der Waals surface area contributed by atoms with Crippen LogP contribution < -0.4 is 16.0 Å². The first-order valence-electron chi connectivity index (χ1n) is 14.8. The number of nitrogens with zero attached hydrogens (tertiary/aromatic N) is 4. The van der Waals surface area contributed by atoms with Crippen LogP contribution in [0, 0.1) is 18.3 Å². The van der Waals surface area contributed by atoms with E-state index in [9.17, 15) is 14.9 Å². The number of amides is 2. The summed E-state index contributed by atoms with van der Waals surface area (Å²) in [5, 5.41) is 18.6. The molecule has 3 N–H and O–H groups in total. The van der Waals surface area contributed by atoms with E-state index in [0.717, 1.165) is 50.5 Å². The average Bonchev–Trinajstić information content (AvgIpc) is 3.48. The number of nitrogens with one attached hydrogen (secondary N) is 3. The zero-order valence-corrected chi connectivity index (χ0v) is 26.7. The first-order chi connectivity index (χ1) is 21.2. The summed E-state index contributed by atoms with van der Waals surface area (Å²) >= 11 is 1.28. The molecule has 0 radical (unpaired) electrons. The highest BCUT2D eigenvalue weighted by molar-refractivity contribution is 7.20. The van der Waals surface area contributed by atoms with Crippen molar-refractivity contribution < 1.29 is 14.3 Å². The number of hydrogen-bond donors (Lipinski definition) is 3. The molecule has 0 atom stereocenters. The quantitative estimate of drug-likeness (QED) is 0.207. The number of hydrogen-bond acceptors (Lipinski definition) is 9. The van der Waals surface area contributed by atoms with Gasteiger partial charge in [-0.2, -0.15) is 5.26 Å². The fraction of sp³-hybridized carbons (Fsp3) is 0.364. The van der Waals surface area contributed by atoms with Gasteiger partial charge in [-0.25, -0.2) is 9.97 Å². The molecule has 230 valence electrons. The van der Waals surface area contributed by atoms with Gasteiger partial charge in [0, 0.05) is 43.1 Å². The minimum absolute atomic E-state index is 0.278. The Labute approximate surface area is 262 Å². The molecule has 0 unspecified atom stereocenters. The smallest absolute Gasteiger partial charge is 0.265 e. The zero-order valence-electron chi connectivity index (χ0n) is 25.9. The molecule has 1 aliphatic heterocycles. The number of ether oxygens (including phenoxy) is 1. The van der Waals surface area contributed by atoms with Crippen molar-refractivity contribution in [2.45, 2.75) is 40.0 Å². The van der Waals surface area contributed by atoms with E-state index in [1.54, 1.807) is 42.6 Å². The Balaban J connectivity index is 0.00000216. The Hall–Kier alpha value is -4.37. The molecule has 4 aromatic rings. The van der Waals surface area contributed by atoms with Gasteiger partial charge in [0.05, 0.1) is 35.8 Å². The second-order valence-electron chi connectivity index (χ2n) is 10.7. The van der Waals surface area contributed by atoms with Gasteiger partial charge in [0.1, 0.15) is 16.2 Å². The fourth-order valence-corrected chi connectivity index (χ4v) is 5.40. The lowest BCUT2D eigenvalue weighted by atomic mass is 9.85. The third-order valence-electron chi connectivity index (χ3n) is 7.17. The number of aromatic nitrogens is 2. The molecule has 44 heavy (non-hydrogen) atoms. The number of nitriles is 1. The van der Waals surface area contributed by atoms with E-state index in [-0.39, 0.29) is 11.8 Å². The number of thiophene rings is 1. The van der Waals surface area contributed by atoms with Gasteiger partial charge in [-0.05, 0) is 62.2 Å². The van der Waals surface area contributed by atoms with Crippen LogP contribution >= 0.6 is 11.3 Å². The molecule has 11 heteroatoms. The van der Waals surface area contributed by atoms with E-state index in [4.69, 9.17) is 4.74 Å². The highest BCUT2D eigenvalue weighted by Gasteiger charge is 2.21. The molecule has 10 nitrogen and oxygen atoms in total. The van der Waals surface area contributed by atoms with Crippen LogP contribution in [0.3, 0.4) is 0 Å². The lowest BCUT2D eigenvalue weighted by molar-refractivity contribution is 0.0398. The van der Waals surface area contributed by atoms with Crippen molar-refractivity contribution in [3.8, 4) is 6.07 Å². The third kappa shape index (κ3) is 8.17. The monoisotopic (exact) mass is 613 g/mol. The van der Waals surface area contributed by atoms with Crippen LogP contribution in [0.2, 0.25) is 0 Å². The largest absolute Gasteiger partial charge is 0.379 e. The van der Waals surface area contributed by atoms with Crippen molar-refractivity contribution in [1.82, 2.24) is 14.9 Å². The molecule has 2 amide bonds. The van der Waals surface area contributed by atoms with E-state index in [2.05, 4.69) is 36.9 Å². The molecule has 0 bridgehead atoms. The fourth-order valence-electron chi connectivity index (χ4n) is 4.51. The van der Waals surface area contributed by atoms with E-state index in [0.29, 0.717) is 38.0 Å². The standard InChI is InChI=1S/C31H33N7O3S.C2H6/c1-20-7-8-23(35-28(39)21-5-4-6-22(15-21)31(2,3)19-32)16-24(20)36-29(40)26-17-25-30(42-26)37-27(18-34-25)33-9-10-38-11-13-41-14-12-38;1-2/h4-8,15-18H,9-14H2,1-3H3,(H,33,37)(H,35,39)(H,36,40);1-2H3. The van der Waals surface area contributed by atoms with Gasteiger partial charge in [-0.1, -0.05) is 32.0 Å². The lowest BCUT2D eigenvalue weighted by Gasteiger charge is -2.26. The Kier molecular flexibility index (Phi) is 11.0. The minimum Gasteiger partial charge on any atom is -0.379 e. The first-order valence-corrected chi connectivity index (χ1v) is 15.6. The van der Waals surface area contributed by atoms with Crippen molar-refractivity contribution in [3.05, 3.63) is 76.3 Å². The zero-order chi connectivity index (χ0) is 31.7. The maximum absolute atomic E-state index is 13.2. The molecule has 1 aliphatic rings. The summed E-state index contributed by atoms with van der Waals surface area (Å²) in [4.78, 5) is 38.8. The molecular formula is C33H39N7O3S. The van der Waals surface area contributed by atoms with Gasteiger partial charge in [-0.15, -0.1) is 11.3 Å². The Morgan fingerprint density at radius 1 is 1.07 bits per heavy atom. The van der Waals surface area contributed by atoms with Gasteiger partial charge in [0.25, 0.3) is 11.8 Å². The van der Waals surface area contributed by atoms with E-state index in [1.165, 1.54) is 11.3 Å². The number of fused-ring (bicyclic) bond motifs is 1. The van der Waals surface area contributed by atoms with Crippen molar-refractivity contribution in [2.24, 2.45) is 0 Å². The summed E-state index contributed by atoms with van der Waals surface area (Å²) in [5.74, 6) is 0.0907. The van der Waals surface area contributed by atoms with Crippen molar-refractivity contribution >= 4 is 50.7 Å². The maximum atomic E-state index is 13.2. The van der Waals surface area contributed by atoms with Crippen molar-refractivity contribution in [1.29, 1.82) is 5.26 Å². The van der Waals surface area contributed by atoms with Gasteiger partial charge in [0.15, 0.2) is 0 Å². The molecule has 1 saturated heterocycles. The molecule has 3 heterocycles. The molecule has 2 aromatic carbocycles. The SMILES string of the molecule is CC.Cc1ccc(NC(=O)c2cccc(C(C)(C)C#N)c2)cc1NC(=O)c1cc2ncc(NCCN3CCOCC3)nc2s1. The predicted octanol–water partition coefficient (Wildman–Crippen LogP) is 6.08. The van der Waals surface area contributed by atoms with Crippen LogP contribution in [0.5, 0.6) is 0 Å². The normalized spacial score (nSPS) is 13.4. The number of anilines is 3. The summed E-state index contributed by atoms with van der Waals surface area (Å²) in [6, 6.07) is 16.4. The maximum Gasteiger partial charge on any atom is 0.265 e. The van der Waals surface area contributed by atoms with E-state index in [1.807, 2.05) is 46.8 Å². The van der Waals surface area contributed by atoms with Gasteiger partial charge in [-0.3, -0.25) is 14.5 Å². The molecule has 1 fully saturated rings. The predicted molar refractivity (Wildman–Crippen MR) is 177 cm³/mol. The van der Waals surface area contributed by atoms with Crippen LogP contribution in [-0.2, 0) is 10.2 Å². The van der Waals surface area contributed by atoms with Gasteiger partial charge < -0.3 is 20.7 Å². The Bertz CT molecular complexity index is 1650. The third-order valence-corrected chi connectivity index (χ3v) is 8.19. The van der Waals surface area contributed by atoms with Crippen LogP contribution in [0.1, 0.15) is 58.9 Å². The average molecular weight is 614 g/mol. The van der Waals surface area contributed by atoms with Crippen LogP contribution in [0.25, 0.3) is 10.3 Å².